The fraction of sp³-hybridized carbons (Fsp3) is 0.524. The second-order valence-electron chi connectivity index (χ2n) is 9.26. The molecule has 166 valence electrons. The Morgan fingerprint density at radius 2 is 2.03 bits per heavy atom. The zero-order chi connectivity index (χ0) is 22.0. The first-order valence-electron chi connectivity index (χ1n) is 10.6. The van der Waals surface area contributed by atoms with Crippen LogP contribution in [-0.4, -0.2) is 65.4 Å². The molecule has 8 nitrogen and oxygen atoms in total. The quantitative estimate of drug-likeness (QED) is 0.339. The van der Waals surface area contributed by atoms with E-state index in [1.54, 1.807) is 18.7 Å². The molecule has 1 atom stereocenters. The van der Waals surface area contributed by atoms with Gasteiger partial charge in [0.1, 0.15) is 34.9 Å². The van der Waals surface area contributed by atoms with Crippen LogP contribution in [0.3, 0.4) is 0 Å². The molecule has 0 amide bonds. The number of hydrogen-bond acceptors (Lipinski definition) is 7. The van der Waals surface area contributed by atoms with E-state index in [9.17, 15) is 0 Å². The number of rotatable bonds is 8. The van der Waals surface area contributed by atoms with Crippen LogP contribution in [0.2, 0.25) is 25.7 Å². The molecule has 0 spiro atoms. The van der Waals surface area contributed by atoms with Gasteiger partial charge in [0.25, 0.3) is 0 Å². The van der Waals surface area contributed by atoms with Crippen LogP contribution in [0.4, 0.5) is 11.6 Å². The van der Waals surface area contributed by atoms with E-state index in [1.165, 1.54) is 0 Å². The fourth-order valence-electron chi connectivity index (χ4n) is 3.81. The molecule has 1 aliphatic rings. The summed E-state index contributed by atoms with van der Waals surface area (Å²) in [5.74, 6) is 1.87. The lowest BCUT2D eigenvalue weighted by atomic mass is 10.2. The Hall–Kier alpha value is -2.04. The van der Waals surface area contributed by atoms with E-state index in [-0.39, 0.29) is 0 Å². The molecule has 4 heterocycles. The van der Waals surface area contributed by atoms with Gasteiger partial charge in [0.15, 0.2) is 0 Å². The molecular weight excluding hydrogens is 474 g/mol. The minimum atomic E-state index is -1.08. The van der Waals surface area contributed by atoms with Crippen LogP contribution >= 0.6 is 15.9 Å². The van der Waals surface area contributed by atoms with Crippen LogP contribution < -0.4 is 9.80 Å². The molecule has 0 radical (unpaired) electrons. The molecule has 0 aliphatic carbocycles. The summed E-state index contributed by atoms with van der Waals surface area (Å²) < 4.78 is 8.75. The third kappa shape index (κ3) is 5.24. The van der Waals surface area contributed by atoms with Crippen molar-refractivity contribution >= 4 is 46.7 Å². The van der Waals surface area contributed by atoms with Crippen LogP contribution in [0.5, 0.6) is 0 Å². The molecule has 0 aromatic carbocycles. The van der Waals surface area contributed by atoms with E-state index in [4.69, 9.17) is 4.74 Å². The maximum atomic E-state index is 5.93. The Balaban J connectivity index is 1.44. The van der Waals surface area contributed by atoms with E-state index in [2.05, 4.69) is 89.2 Å². The fourth-order valence-corrected chi connectivity index (χ4v) is 4.77. The number of aromatic nitrogens is 5. The first kappa shape index (κ1) is 22.2. The summed E-state index contributed by atoms with van der Waals surface area (Å²) in [6, 6.07) is 3.62. The molecule has 31 heavy (non-hydrogen) atoms. The number of fused-ring (bicyclic) bond motifs is 1. The van der Waals surface area contributed by atoms with E-state index in [1.807, 2.05) is 0 Å². The van der Waals surface area contributed by atoms with Crippen molar-refractivity contribution in [2.45, 2.75) is 44.9 Å². The van der Waals surface area contributed by atoms with Crippen LogP contribution in [-0.2, 0) is 11.5 Å². The Labute approximate surface area is 192 Å². The summed E-state index contributed by atoms with van der Waals surface area (Å²) in [6.45, 7) is 10.3. The van der Waals surface area contributed by atoms with Crippen molar-refractivity contribution in [3.05, 3.63) is 35.6 Å². The van der Waals surface area contributed by atoms with Gasteiger partial charge in [0.05, 0.1) is 17.8 Å². The molecule has 0 bridgehead atoms. The Bertz CT molecular complexity index is 1020. The smallest absolute Gasteiger partial charge is 0.147 e. The highest BCUT2D eigenvalue weighted by Crippen LogP contribution is 2.29. The lowest BCUT2D eigenvalue weighted by Gasteiger charge is -2.26. The second-order valence-corrected chi connectivity index (χ2v) is 15.7. The molecule has 0 unspecified atom stereocenters. The standard InChI is InChI=1S/C21H30BrN7OSi/c1-27(19-12-23-18(22)11-24-19)16-5-7-28(13-16)20-17-6-8-29(21(17)26-14-25-20)15-30-9-10-31(2,3)4/h6,8,11-12,14,16H,5,7,9-10,13,15H2,1-4H3/t16-/m1/s1. The van der Waals surface area contributed by atoms with Crippen molar-refractivity contribution in [1.82, 2.24) is 24.5 Å². The van der Waals surface area contributed by atoms with Crippen molar-refractivity contribution in [2.75, 3.05) is 36.5 Å². The average Bonchev–Trinajstić information content (AvgIpc) is 3.38. The number of nitrogens with zero attached hydrogens (tertiary/aromatic N) is 7. The van der Waals surface area contributed by atoms with Gasteiger partial charge >= 0.3 is 0 Å². The molecule has 10 heteroatoms. The second kappa shape index (κ2) is 9.21. The zero-order valence-corrected chi connectivity index (χ0v) is 21.2. The van der Waals surface area contributed by atoms with E-state index in [0.29, 0.717) is 12.8 Å². The first-order chi connectivity index (χ1) is 14.8. The van der Waals surface area contributed by atoms with Crippen LogP contribution in [0.1, 0.15) is 6.42 Å². The van der Waals surface area contributed by atoms with E-state index >= 15 is 0 Å². The minimum Gasteiger partial charge on any atom is -0.361 e. The van der Waals surface area contributed by atoms with Crippen molar-refractivity contribution in [1.29, 1.82) is 0 Å². The molecule has 4 rings (SSSR count). The zero-order valence-electron chi connectivity index (χ0n) is 18.6. The van der Waals surface area contributed by atoms with Gasteiger partial charge in [-0.05, 0) is 34.5 Å². The Morgan fingerprint density at radius 1 is 1.19 bits per heavy atom. The Kier molecular flexibility index (Phi) is 6.59. The average molecular weight is 505 g/mol. The predicted molar refractivity (Wildman–Crippen MR) is 130 cm³/mol. The number of likely N-dealkylation sites (N-methyl/N-ethyl adjacent to an activating group) is 1. The van der Waals surface area contributed by atoms with Gasteiger partial charge in [-0.3, -0.25) is 0 Å². The Morgan fingerprint density at radius 3 is 2.77 bits per heavy atom. The summed E-state index contributed by atoms with van der Waals surface area (Å²) in [5.41, 5.74) is 0.925. The van der Waals surface area contributed by atoms with Gasteiger partial charge in [-0.2, -0.15) is 0 Å². The molecule has 0 saturated carbocycles. The topological polar surface area (TPSA) is 72.2 Å². The minimum absolute atomic E-state index is 0.354. The molecule has 1 fully saturated rings. The lowest BCUT2D eigenvalue weighted by Crippen LogP contribution is -2.35. The number of ether oxygens (including phenoxy) is 1. The lowest BCUT2D eigenvalue weighted by molar-refractivity contribution is 0.0899. The van der Waals surface area contributed by atoms with Gasteiger partial charge in [-0.1, -0.05) is 19.6 Å². The van der Waals surface area contributed by atoms with Gasteiger partial charge in [-0.25, -0.2) is 19.9 Å². The highest BCUT2D eigenvalue weighted by molar-refractivity contribution is 9.10. The summed E-state index contributed by atoms with van der Waals surface area (Å²) in [7, 11) is 0.995. The number of halogens is 1. The van der Waals surface area contributed by atoms with Gasteiger partial charge in [-0.15, -0.1) is 0 Å². The monoisotopic (exact) mass is 503 g/mol. The summed E-state index contributed by atoms with van der Waals surface area (Å²) >= 11 is 3.35. The molecular formula is C21H30BrN7OSi. The summed E-state index contributed by atoms with van der Waals surface area (Å²) in [5, 5.41) is 1.07. The predicted octanol–water partition coefficient (Wildman–Crippen LogP) is 4.01. The highest BCUT2D eigenvalue weighted by Gasteiger charge is 2.29. The summed E-state index contributed by atoms with van der Waals surface area (Å²) in [4.78, 5) is 22.5. The number of anilines is 2. The highest BCUT2D eigenvalue weighted by atomic mass is 79.9. The van der Waals surface area contributed by atoms with Crippen molar-refractivity contribution < 1.29 is 4.74 Å². The molecule has 1 aliphatic heterocycles. The van der Waals surface area contributed by atoms with E-state index < -0.39 is 8.07 Å². The maximum absolute atomic E-state index is 5.93. The third-order valence-corrected chi connectivity index (χ3v) is 7.85. The molecule has 3 aromatic heterocycles. The van der Waals surface area contributed by atoms with Gasteiger partial charge in [0.2, 0.25) is 0 Å². The van der Waals surface area contributed by atoms with Crippen molar-refractivity contribution in [3.63, 3.8) is 0 Å². The normalized spacial score (nSPS) is 16.9. The molecule has 0 N–H and O–H groups in total. The number of hydrogen-bond donors (Lipinski definition) is 0. The first-order valence-corrected chi connectivity index (χ1v) is 15.1. The van der Waals surface area contributed by atoms with Crippen LogP contribution in [0, 0.1) is 0 Å². The van der Waals surface area contributed by atoms with Crippen LogP contribution in [0.15, 0.2) is 35.6 Å². The largest absolute Gasteiger partial charge is 0.361 e. The van der Waals surface area contributed by atoms with Gasteiger partial charge < -0.3 is 19.1 Å². The maximum Gasteiger partial charge on any atom is 0.147 e. The van der Waals surface area contributed by atoms with Crippen LogP contribution in [0.25, 0.3) is 11.0 Å². The van der Waals surface area contributed by atoms with Crippen molar-refractivity contribution in [3.8, 4) is 0 Å². The SMILES string of the molecule is CN(c1cnc(Br)cn1)[C@@H]1CCN(c2ncnc3c2ccn3COCC[Si](C)(C)C)C1. The van der Waals surface area contributed by atoms with Gasteiger partial charge in [0, 0.05) is 47.1 Å². The molecule has 1 saturated heterocycles. The van der Waals surface area contributed by atoms with Crippen molar-refractivity contribution in [2.24, 2.45) is 0 Å². The molecule has 3 aromatic rings. The summed E-state index contributed by atoms with van der Waals surface area (Å²) in [6.07, 6.45) is 8.29. The van der Waals surface area contributed by atoms with E-state index in [0.717, 1.165) is 59.4 Å². The third-order valence-electron chi connectivity index (χ3n) is 5.74.